The summed E-state index contributed by atoms with van der Waals surface area (Å²) in [4.78, 5) is 14.1. The van der Waals surface area contributed by atoms with E-state index in [4.69, 9.17) is 0 Å². The van der Waals surface area contributed by atoms with Crippen molar-refractivity contribution in [1.29, 1.82) is 0 Å². The molecule has 94 valence electrons. The normalized spacial score (nSPS) is 23.2. The van der Waals surface area contributed by atoms with Gasteiger partial charge in [0, 0.05) is 13.1 Å². The van der Waals surface area contributed by atoms with Crippen LogP contribution in [-0.2, 0) is 4.79 Å². The predicted octanol–water partition coefficient (Wildman–Crippen LogP) is 2.02. The van der Waals surface area contributed by atoms with Crippen molar-refractivity contribution < 1.29 is 4.79 Å². The van der Waals surface area contributed by atoms with Crippen LogP contribution in [0, 0.1) is 5.92 Å². The molecule has 3 nitrogen and oxygen atoms in total. The van der Waals surface area contributed by atoms with Crippen LogP contribution < -0.4 is 5.32 Å². The highest BCUT2D eigenvalue weighted by atomic mass is 16.2. The summed E-state index contributed by atoms with van der Waals surface area (Å²) in [6.07, 6.45) is 4.46. The van der Waals surface area contributed by atoms with Gasteiger partial charge < -0.3 is 10.2 Å². The summed E-state index contributed by atoms with van der Waals surface area (Å²) in [5.74, 6) is 0.914. The second kappa shape index (κ2) is 6.24. The fourth-order valence-electron chi connectivity index (χ4n) is 2.37. The lowest BCUT2D eigenvalue weighted by atomic mass is 10.0. The van der Waals surface area contributed by atoms with Crippen molar-refractivity contribution in [3.63, 3.8) is 0 Å². The van der Waals surface area contributed by atoms with Crippen molar-refractivity contribution in [2.45, 2.75) is 58.5 Å². The van der Waals surface area contributed by atoms with Gasteiger partial charge in [-0.3, -0.25) is 4.79 Å². The van der Waals surface area contributed by atoms with Gasteiger partial charge in [0.25, 0.3) is 0 Å². The maximum Gasteiger partial charge on any atom is 0.239 e. The first-order valence-electron chi connectivity index (χ1n) is 6.52. The van der Waals surface area contributed by atoms with Crippen molar-refractivity contribution >= 4 is 5.91 Å². The molecule has 1 amide bonds. The van der Waals surface area contributed by atoms with E-state index in [9.17, 15) is 4.79 Å². The number of piperidine rings is 1. The molecule has 0 aliphatic carbocycles. The van der Waals surface area contributed by atoms with Gasteiger partial charge in [-0.25, -0.2) is 0 Å². The molecule has 1 fully saturated rings. The minimum atomic E-state index is 0.0633. The van der Waals surface area contributed by atoms with Crippen LogP contribution in [0.25, 0.3) is 0 Å². The summed E-state index contributed by atoms with van der Waals surface area (Å²) in [5.41, 5.74) is 0. The first-order chi connectivity index (χ1) is 7.52. The number of nitrogens with one attached hydrogen (secondary N) is 1. The van der Waals surface area contributed by atoms with E-state index in [-0.39, 0.29) is 11.9 Å². The predicted molar refractivity (Wildman–Crippen MR) is 67.3 cm³/mol. The molecule has 2 unspecified atom stereocenters. The molecule has 2 atom stereocenters. The largest absolute Gasteiger partial charge is 0.342 e. The topological polar surface area (TPSA) is 32.3 Å². The fourth-order valence-corrected chi connectivity index (χ4v) is 2.37. The third-order valence-corrected chi connectivity index (χ3v) is 3.43. The number of likely N-dealkylation sites (N-methyl/N-ethyl adjacent to an activating group) is 1. The Morgan fingerprint density at radius 3 is 2.56 bits per heavy atom. The smallest absolute Gasteiger partial charge is 0.239 e. The minimum absolute atomic E-state index is 0.0633. The maximum absolute atomic E-state index is 12.2. The zero-order chi connectivity index (χ0) is 12.1. The van der Waals surface area contributed by atoms with E-state index >= 15 is 0 Å². The average molecular weight is 226 g/mol. The third kappa shape index (κ3) is 3.78. The molecule has 0 bridgehead atoms. The van der Waals surface area contributed by atoms with Gasteiger partial charge in [-0.05, 0) is 38.6 Å². The molecule has 0 spiro atoms. The molecule has 1 N–H and O–H groups in total. The average Bonchev–Trinajstić information content (AvgIpc) is 2.27. The summed E-state index contributed by atoms with van der Waals surface area (Å²) in [7, 11) is 1.94. The highest BCUT2D eigenvalue weighted by Crippen LogP contribution is 2.14. The number of carbonyl (C=O) groups excluding carboxylic acids is 1. The van der Waals surface area contributed by atoms with Gasteiger partial charge in [-0.1, -0.05) is 20.3 Å². The van der Waals surface area contributed by atoms with E-state index in [1.54, 1.807) is 0 Å². The minimum Gasteiger partial charge on any atom is -0.342 e. The molecule has 0 aromatic rings. The summed E-state index contributed by atoms with van der Waals surface area (Å²) >= 11 is 0. The maximum atomic E-state index is 12.2. The lowest BCUT2D eigenvalue weighted by molar-refractivity contribution is -0.134. The van der Waals surface area contributed by atoms with Crippen LogP contribution in [0.3, 0.4) is 0 Å². The molecule has 1 aliphatic rings. The number of rotatable bonds is 4. The van der Waals surface area contributed by atoms with E-state index in [0.29, 0.717) is 12.0 Å². The van der Waals surface area contributed by atoms with Gasteiger partial charge in [0.2, 0.25) is 5.91 Å². The van der Waals surface area contributed by atoms with Gasteiger partial charge in [0.15, 0.2) is 0 Å². The SMILES string of the molecule is CC(C)CC(C)N(C)C(=O)C1CCCCN1. The molecule has 0 aromatic heterocycles. The number of carbonyl (C=O) groups is 1. The number of hydrogen-bond acceptors (Lipinski definition) is 2. The first-order valence-corrected chi connectivity index (χ1v) is 6.52. The molecule has 0 saturated carbocycles. The third-order valence-electron chi connectivity index (χ3n) is 3.43. The quantitative estimate of drug-likeness (QED) is 0.795. The zero-order valence-electron chi connectivity index (χ0n) is 11.1. The van der Waals surface area contributed by atoms with Gasteiger partial charge >= 0.3 is 0 Å². The summed E-state index contributed by atoms with van der Waals surface area (Å²) in [6, 6.07) is 0.407. The molecular formula is C13H26N2O. The Kier molecular flexibility index (Phi) is 5.26. The number of hydrogen-bond donors (Lipinski definition) is 1. The van der Waals surface area contributed by atoms with Gasteiger partial charge in [-0.15, -0.1) is 0 Å². The zero-order valence-corrected chi connectivity index (χ0v) is 11.1. The fraction of sp³-hybridized carbons (Fsp3) is 0.923. The van der Waals surface area contributed by atoms with Crippen molar-refractivity contribution in [3.05, 3.63) is 0 Å². The standard InChI is InChI=1S/C13H26N2O/c1-10(2)9-11(3)15(4)13(16)12-7-5-6-8-14-12/h10-12,14H,5-9H2,1-4H3. The van der Waals surface area contributed by atoms with E-state index in [2.05, 4.69) is 26.1 Å². The summed E-state index contributed by atoms with van der Waals surface area (Å²) in [5, 5.41) is 3.32. The van der Waals surface area contributed by atoms with Crippen molar-refractivity contribution in [2.75, 3.05) is 13.6 Å². The van der Waals surface area contributed by atoms with Crippen molar-refractivity contribution in [3.8, 4) is 0 Å². The van der Waals surface area contributed by atoms with Gasteiger partial charge in [0.1, 0.15) is 0 Å². The van der Waals surface area contributed by atoms with Crippen LogP contribution in [0.4, 0.5) is 0 Å². The Balaban J connectivity index is 2.45. The number of nitrogens with zero attached hydrogens (tertiary/aromatic N) is 1. The van der Waals surface area contributed by atoms with E-state index < -0.39 is 0 Å². The lowest BCUT2D eigenvalue weighted by Crippen LogP contribution is -2.49. The van der Waals surface area contributed by atoms with Crippen LogP contribution in [0.1, 0.15) is 46.5 Å². The molecule has 1 heterocycles. The Morgan fingerprint density at radius 2 is 2.06 bits per heavy atom. The molecule has 1 rings (SSSR count). The summed E-state index contributed by atoms with van der Waals surface area (Å²) in [6.45, 7) is 7.53. The Labute approximate surface area is 99.6 Å². The molecule has 0 radical (unpaired) electrons. The Morgan fingerprint density at radius 1 is 1.38 bits per heavy atom. The van der Waals surface area contributed by atoms with E-state index in [1.807, 2.05) is 11.9 Å². The first kappa shape index (κ1) is 13.5. The van der Waals surface area contributed by atoms with E-state index in [1.165, 1.54) is 12.8 Å². The second-order valence-electron chi connectivity index (χ2n) is 5.43. The van der Waals surface area contributed by atoms with Crippen LogP contribution >= 0.6 is 0 Å². The molecule has 3 heteroatoms. The monoisotopic (exact) mass is 226 g/mol. The number of amides is 1. The van der Waals surface area contributed by atoms with Crippen LogP contribution in [0.15, 0.2) is 0 Å². The Hall–Kier alpha value is -0.570. The highest BCUT2D eigenvalue weighted by molar-refractivity contribution is 5.82. The Bertz CT molecular complexity index is 222. The molecular weight excluding hydrogens is 200 g/mol. The van der Waals surface area contributed by atoms with E-state index in [0.717, 1.165) is 19.4 Å². The molecule has 1 saturated heterocycles. The molecule has 1 aliphatic heterocycles. The molecule has 16 heavy (non-hydrogen) atoms. The van der Waals surface area contributed by atoms with Crippen LogP contribution in [-0.4, -0.2) is 36.5 Å². The second-order valence-corrected chi connectivity index (χ2v) is 5.43. The lowest BCUT2D eigenvalue weighted by Gasteiger charge is -2.32. The molecule has 0 aromatic carbocycles. The van der Waals surface area contributed by atoms with Gasteiger partial charge in [-0.2, -0.15) is 0 Å². The highest BCUT2D eigenvalue weighted by Gasteiger charge is 2.26. The van der Waals surface area contributed by atoms with Gasteiger partial charge in [0.05, 0.1) is 6.04 Å². The van der Waals surface area contributed by atoms with Crippen molar-refractivity contribution in [2.24, 2.45) is 5.92 Å². The van der Waals surface area contributed by atoms with Crippen LogP contribution in [0.2, 0.25) is 0 Å². The van der Waals surface area contributed by atoms with Crippen LogP contribution in [0.5, 0.6) is 0 Å². The summed E-state index contributed by atoms with van der Waals surface area (Å²) < 4.78 is 0. The van der Waals surface area contributed by atoms with Crippen molar-refractivity contribution in [1.82, 2.24) is 10.2 Å².